The number of nitrogens with two attached hydrogens (primary N) is 1. The summed E-state index contributed by atoms with van der Waals surface area (Å²) in [7, 11) is 0. The SMILES string of the molecule is NC(=S)Cl.O=C(O)O. The minimum Gasteiger partial charge on any atom is -0.450 e. The van der Waals surface area contributed by atoms with Gasteiger partial charge in [0.15, 0.2) is 4.45 Å². The van der Waals surface area contributed by atoms with Crippen LogP contribution in [0.4, 0.5) is 4.79 Å². The Balaban J connectivity index is 0. The fourth-order valence-electron chi connectivity index (χ4n) is 0. The highest BCUT2D eigenvalue weighted by Gasteiger charge is 1.70. The van der Waals surface area contributed by atoms with Gasteiger partial charge in [-0.1, -0.05) is 11.6 Å². The van der Waals surface area contributed by atoms with Gasteiger partial charge >= 0.3 is 6.16 Å². The molecule has 0 radical (unpaired) electrons. The Hall–Kier alpha value is -0.550. The summed E-state index contributed by atoms with van der Waals surface area (Å²) in [6.45, 7) is 0. The van der Waals surface area contributed by atoms with Gasteiger partial charge in [0, 0.05) is 0 Å². The van der Waals surface area contributed by atoms with Gasteiger partial charge in [-0.2, -0.15) is 0 Å². The first-order valence-corrected chi connectivity index (χ1v) is 2.12. The van der Waals surface area contributed by atoms with Crippen LogP contribution in [0, 0.1) is 0 Å². The maximum atomic E-state index is 8.56. The topological polar surface area (TPSA) is 83.6 Å². The van der Waals surface area contributed by atoms with Crippen LogP contribution in [-0.4, -0.2) is 20.8 Å². The summed E-state index contributed by atoms with van der Waals surface area (Å²) in [5, 5.41) is 13.9. The Morgan fingerprint density at radius 3 is 1.62 bits per heavy atom. The standard InChI is InChI=1S/CH2ClNS.CH2O3/c2*2-1(3)4/h(H2,3,4);(H2,2,3,4). The van der Waals surface area contributed by atoms with E-state index in [1.54, 1.807) is 0 Å². The van der Waals surface area contributed by atoms with Crippen LogP contribution in [0.25, 0.3) is 0 Å². The Kier molecular flexibility index (Phi) is 8.41. The Bertz CT molecular complexity index is 75.3. The molecule has 6 heteroatoms. The van der Waals surface area contributed by atoms with Gasteiger partial charge in [-0.15, -0.1) is 0 Å². The van der Waals surface area contributed by atoms with Gasteiger partial charge in [0.25, 0.3) is 0 Å². The molecule has 0 amide bonds. The first kappa shape index (κ1) is 10.4. The van der Waals surface area contributed by atoms with Crippen molar-refractivity contribution in [3.8, 4) is 0 Å². The van der Waals surface area contributed by atoms with Crippen molar-refractivity contribution in [1.29, 1.82) is 0 Å². The fourth-order valence-corrected chi connectivity index (χ4v) is 0. The molecule has 0 aliphatic heterocycles. The smallest absolute Gasteiger partial charge is 0.450 e. The van der Waals surface area contributed by atoms with Crippen LogP contribution in [0.3, 0.4) is 0 Å². The monoisotopic (exact) mass is 157 g/mol. The lowest BCUT2D eigenvalue weighted by atomic mass is 11.5. The molecule has 0 saturated carbocycles. The van der Waals surface area contributed by atoms with Crippen LogP contribution in [-0.2, 0) is 0 Å². The zero-order valence-corrected chi connectivity index (χ0v) is 5.24. The first-order chi connectivity index (χ1) is 3.46. The molecule has 0 heterocycles. The van der Waals surface area contributed by atoms with Crippen molar-refractivity contribution in [2.45, 2.75) is 0 Å². The quantitative estimate of drug-likeness (QED) is 0.274. The Morgan fingerprint density at radius 2 is 1.62 bits per heavy atom. The summed E-state index contributed by atoms with van der Waals surface area (Å²) in [4.78, 5) is 8.56. The van der Waals surface area contributed by atoms with E-state index in [2.05, 4.69) is 18.0 Å². The lowest BCUT2D eigenvalue weighted by Crippen LogP contribution is -1.94. The van der Waals surface area contributed by atoms with E-state index < -0.39 is 6.16 Å². The number of hydrogen-bond acceptors (Lipinski definition) is 2. The van der Waals surface area contributed by atoms with Gasteiger partial charge in [0.2, 0.25) is 0 Å². The molecule has 0 bridgehead atoms. The Labute approximate surface area is 55.9 Å². The van der Waals surface area contributed by atoms with Crippen molar-refractivity contribution >= 4 is 34.4 Å². The number of rotatable bonds is 0. The normalized spacial score (nSPS) is 6.12. The molecule has 0 aliphatic rings. The van der Waals surface area contributed by atoms with Gasteiger partial charge in [-0.05, 0) is 12.2 Å². The number of thiocarbonyl (C=S) groups is 1. The average Bonchev–Trinajstić information content (AvgIpc) is 1.25. The highest BCUT2D eigenvalue weighted by Crippen LogP contribution is 1.65. The molecule has 4 N–H and O–H groups in total. The third-order valence-corrected chi connectivity index (χ3v) is 0. The van der Waals surface area contributed by atoms with Crippen LogP contribution in [0.2, 0.25) is 0 Å². The number of halogens is 1. The minimum absolute atomic E-state index is 0.0278. The molecule has 8 heavy (non-hydrogen) atoms. The highest BCUT2D eigenvalue weighted by molar-refractivity contribution is 7.83. The highest BCUT2D eigenvalue weighted by atomic mass is 35.5. The van der Waals surface area contributed by atoms with Crippen molar-refractivity contribution in [3.63, 3.8) is 0 Å². The first-order valence-electron chi connectivity index (χ1n) is 1.33. The summed E-state index contributed by atoms with van der Waals surface area (Å²) >= 11 is 8.86. The summed E-state index contributed by atoms with van der Waals surface area (Å²) in [5.41, 5.74) is 4.61. The minimum atomic E-state index is -1.83. The summed E-state index contributed by atoms with van der Waals surface area (Å²) in [6, 6.07) is 0. The predicted octanol–water partition coefficient (Wildman–Crippen LogP) is 0.691. The maximum Gasteiger partial charge on any atom is 0.503 e. The second-order valence-electron chi connectivity index (χ2n) is 0.587. The lowest BCUT2D eigenvalue weighted by Gasteiger charge is -1.61. The van der Waals surface area contributed by atoms with Gasteiger partial charge in [0.05, 0.1) is 0 Å². The van der Waals surface area contributed by atoms with Crippen LogP contribution in [0.15, 0.2) is 0 Å². The predicted molar refractivity (Wildman–Crippen MR) is 33.3 cm³/mol. The zero-order valence-electron chi connectivity index (χ0n) is 3.67. The van der Waals surface area contributed by atoms with Gasteiger partial charge in [0.1, 0.15) is 0 Å². The van der Waals surface area contributed by atoms with E-state index in [-0.39, 0.29) is 4.45 Å². The Morgan fingerprint density at radius 1 is 1.62 bits per heavy atom. The number of carbonyl (C=O) groups is 1. The molecule has 0 rings (SSSR count). The van der Waals surface area contributed by atoms with Crippen molar-refractivity contribution in [1.82, 2.24) is 0 Å². The molecule has 0 spiro atoms. The fraction of sp³-hybridized carbons (Fsp3) is 0. The van der Waals surface area contributed by atoms with Crippen LogP contribution in [0.5, 0.6) is 0 Å². The van der Waals surface area contributed by atoms with Gasteiger partial charge in [-0.3, -0.25) is 0 Å². The average molecular weight is 158 g/mol. The van der Waals surface area contributed by atoms with E-state index in [0.717, 1.165) is 0 Å². The lowest BCUT2D eigenvalue weighted by molar-refractivity contribution is 0.137. The zero-order chi connectivity index (χ0) is 7.15. The molecule has 0 aromatic rings. The molecule has 0 saturated heterocycles. The molecule has 48 valence electrons. The van der Waals surface area contributed by atoms with E-state index in [1.165, 1.54) is 0 Å². The molecule has 0 aromatic carbocycles. The summed E-state index contributed by atoms with van der Waals surface area (Å²) < 4.78 is -0.0278. The summed E-state index contributed by atoms with van der Waals surface area (Å²) in [6.07, 6.45) is -1.83. The second kappa shape index (κ2) is 6.45. The molecule has 0 atom stereocenters. The van der Waals surface area contributed by atoms with Crippen LogP contribution < -0.4 is 5.73 Å². The van der Waals surface area contributed by atoms with Crippen molar-refractivity contribution in [2.24, 2.45) is 5.73 Å². The maximum absolute atomic E-state index is 8.56. The van der Waals surface area contributed by atoms with Crippen molar-refractivity contribution in [2.75, 3.05) is 0 Å². The van der Waals surface area contributed by atoms with E-state index in [9.17, 15) is 0 Å². The van der Waals surface area contributed by atoms with Crippen LogP contribution >= 0.6 is 23.8 Å². The molecule has 0 aliphatic carbocycles. The molecular formula is C2H4ClNO3S. The van der Waals surface area contributed by atoms with Crippen molar-refractivity contribution < 1.29 is 15.0 Å². The molecular weight excluding hydrogens is 154 g/mol. The van der Waals surface area contributed by atoms with Crippen LogP contribution in [0.1, 0.15) is 0 Å². The van der Waals surface area contributed by atoms with E-state index in [4.69, 9.17) is 26.6 Å². The third kappa shape index (κ3) is 357. The third-order valence-electron chi connectivity index (χ3n) is 0. The summed E-state index contributed by atoms with van der Waals surface area (Å²) in [5.74, 6) is 0. The number of hydrogen-bond donors (Lipinski definition) is 3. The molecule has 0 aromatic heterocycles. The van der Waals surface area contributed by atoms with Gasteiger partial charge < -0.3 is 15.9 Å². The molecule has 4 nitrogen and oxygen atoms in total. The van der Waals surface area contributed by atoms with Crippen molar-refractivity contribution in [3.05, 3.63) is 0 Å². The number of carboxylic acid groups (broad SMARTS) is 2. The van der Waals surface area contributed by atoms with Gasteiger partial charge in [-0.25, -0.2) is 4.79 Å². The van der Waals surface area contributed by atoms with E-state index in [1.807, 2.05) is 0 Å². The van der Waals surface area contributed by atoms with E-state index >= 15 is 0 Å². The van der Waals surface area contributed by atoms with E-state index in [0.29, 0.717) is 0 Å². The second-order valence-corrected chi connectivity index (χ2v) is 1.66. The molecule has 0 fully saturated rings. The molecule has 0 unspecified atom stereocenters. The largest absolute Gasteiger partial charge is 0.503 e.